The molecule has 0 saturated carbocycles. The van der Waals surface area contributed by atoms with Crippen molar-refractivity contribution in [3.8, 4) is 11.5 Å². The molecule has 0 aliphatic heterocycles. The van der Waals surface area contributed by atoms with Gasteiger partial charge < -0.3 is 14.9 Å². The highest BCUT2D eigenvalue weighted by molar-refractivity contribution is 5.91. The van der Waals surface area contributed by atoms with Crippen LogP contribution in [-0.2, 0) is 23.6 Å². The van der Waals surface area contributed by atoms with Crippen LogP contribution in [0.15, 0.2) is 48.5 Å². The van der Waals surface area contributed by atoms with Gasteiger partial charge in [0.2, 0.25) is 0 Å². The van der Waals surface area contributed by atoms with Crippen molar-refractivity contribution in [2.75, 3.05) is 6.61 Å². The quantitative estimate of drug-likeness (QED) is 0.500. The Morgan fingerprint density at radius 2 is 1.42 bits per heavy atom. The molecule has 31 heavy (non-hydrogen) atoms. The average molecular weight is 444 g/mol. The smallest absolute Gasteiger partial charge is 0.416 e. The van der Waals surface area contributed by atoms with Crippen LogP contribution in [0.25, 0.3) is 10.8 Å². The first-order chi connectivity index (χ1) is 14.4. The lowest BCUT2D eigenvalue weighted by Gasteiger charge is -2.21. The van der Waals surface area contributed by atoms with Crippen LogP contribution in [-0.4, -0.2) is 22.8 Å². The molecule has 10 heteroatoms. The second-order valence-electron chi connectivity index (χ2n) is 6.64. The molecule has 0 radical (unpaired) electrons. The van der Waals surface area contributed by atoms with Crippen molar-refractivity contribution in [3.63, 3.8) is 0 Å². The van der Waals surface area contributed by atoms with Crippen molar-refractivity contribution < 1.29 is 46.1 Å². The summed E-state index contributed by atoms with van der Waals surface area (Å²) in [5, 5.41) is 19.1. The molecule has 0 bridgehead atoms. The summed E-state index contributed by atoms with van der Waals surface area (Å²) >= 11 is 0. The van der Waals surface area contributed by atoms with Gasteiger partial charge in [0.05, 0.1) is 11.1 Å². The Labute approximate surface area is 171 Å². The zero-order chi connectivity index (χ0) is 23.0. The maximum Gasteiger partial charge on any atom is 0.416 e. The Balaban J connectivity index is 2.23. The van der Waals surface area contributed by atoms with Crippen LogP contribution in [0.2, 0.25) is 0 Å². The molecule has 0 saturated heterocycles. The van der Waals surface area contributed by atoms with Crippen molar-refractivity contribution in [3.05, 3.63) is 70.8 Å². The van der Waals surface area contributed by atoms with Gasteiger partial charge >= 0.3 is 18.3 Å². The van der Waals surface area contributed by atoms with Crippen LogP contribution < -0.4 is 4.74 Å². The summed E-state index contributed by atoms with van der Waals surface area (Å²) < 4.78 is 86.8. The molecule has 0 aliphatic rings. The Morgan fingerprint density at radius 1 is 0.871 bits per heavy atom. The third-order valence-electron chi connectivity index (χ3n) is 4.56. The van der Waals surface area contributed by atoms with E-state index in [1.54, 1.807) is 12.1 Å². The maximum atomic E-state index is 13.7. The number of ether oxygens (including phenoxy) is 1. The number of carboxylic acid groups (broad SMARTS) is 1. The van der Waals surface area contributed by atoms with Gasteiger partial charge in [0.1, 0.15) is 11.5 Å². The molecule has 0 spiro atoms. The lowest BCUT2D eigenvalue weighted by molar-refractivity contribution is -0.144. The number of aliphatic carboxylic acids is 1. The van der Waals surface area contributed by atoms with Crippen LogP contribution in [0.3, 0.4) is 0 Å². The summed E-state index contributed by atoms with van der Waals surface area (Å²) in [5.41, 5.74) is -4.05. The van der Waals surface area contributed by atoms with Crippen molar-refractivity contribution in [1.29, 1.82) is 0 Å². The minimum Gasteiger partial charge on any atom is -0.507 e. The predicted octanol–water partition coefficient (Wildman–Crippen LogP) is 5.64. The number of phenols is 1. The van der Waals surface area contributed by atoms with E-state index in [1.165, 1.54) is 24.3 Å². The Hall–Kier alpha value is -3.43. The van der Waals surface area contributed by atoms with Gasteiger partial charge in [-0.1, -0.05) is 30.3 Å². The van der Waals surface area contributed by atoms with Crippen LogP contribution >= 0.6 is 0 Å². The first-order valence-electron chi connectivity index (χ1n) is 8.73. The van der Waals surface area contributed by atoms with Crippen molar-refractivity contribution in [1.82, 2.24) is 0 Å². The number of carboxylic acids is 1. The Bertz CT molecular complexity index is 1100. The number of hydrogen-bond acceptors (Lipinski definition) is 3. The highest BCUT2D eigenvalue weighted by Crippen LogP contribution is 2.43. The summed E-state index contributed by atoms with van der Waals surface area (Å²) in [5.74, 6) is -2.58. The van der Waals surface area contributed by atoms with Crippen LogP contribution in [0.4, 0.5) is 26.3 Å². The number of hydrogen-bond donors (Lipinski definition) is 2. The van der Waals surface area contributed by atoms with Gasteiger partial charge in [0.15, 0.2) is 6.61 Å². The third-order valence-corrected chi connectivity index (χ3v) is 4.56. The van der Waals surface area contributed by atoms with Gasteiger partial charge in [-0.05, 0) is 41.1 Å². The number of rotatable bonds is 5. The van der Waals surface area contributed by atoms with E-state index < -0.39 is 53.8 Å². The zero-order valence-corrected chi connectivity index (χ0v) is 15.5. The fraction of sp³-hybridized carbons (Fsp3) is 0.190. The minimum absolute atomic E-state index is 0.142. The maximum absolute atomic E-state index is 13.7. The zero-order valence-electron chi connectivity index (χ0n) is 15.5. The first-order valence-corrected chi connectivity index (χ1v) is 8.73. The number of halogens is 6. The van der Waals surface area contributed by atoms with E-state index in [2.05, 4.69) is 4.74 Å². The van der Waals surface area contributed by atoms with Gasteiger partial charge in [-0.3, -0.25) is 0 Å². The average Bonchev–Trinajstić information content (AvgIpc) is 2.67. The Morgan fingerprint density at radius 3 is 1.94 bits per heavy atom. The molecule has 0 aromatic heterocycles. The summed E-state index contributed by atoms with van der Waals surface area (Å²) in [6.07, 6.45) is -11.1. The van der Waals surface area contributed by atoms with Gasteiger partial charge in [-0.2, -0.15) is 26.3 Å². The monoisotopic (exact) mass is 444 g/mol. The predicted molar refractivity (Wildman–Crippen MR) is 98.0 cm³/mol. The molecule has 0 atom stereocenters. The molecule has 164 valence electrons. The topological polar surface area (TPSA) is 66.8 Å². The lowest BCUT2D eigenvalue weighted by Crippen LogP contribution is -2.18. The number of fused-ring (bicyclic) bond motifs is 1. The molecule has 0 unspecified atom stereocenters. The molecule has 2 N–H and O–H groups in total. The normalized spacial score (nSPS) is 12.2. The molecule has 0 heterocycles. The van der Waals surface area contributed by atoms with Gasteiger partial charge in [-0.15, -0.1) is 0 Å². The molecule has 3 aromatic carbocycles. The molecular weight excluding hydrogens is 430 g/mol. The van der Waals surface area contributed by atoms with Gasteiger partial charge in [-0.25, -0.2) is 4.79 Å². The lowest BCUT2D eigenvalue weighted by atomic mass is 9.91. The summed E-state index contributed by atoms with van der Waals surface area (Å²) in [6, 6.07) is 9.26. The third kappa shape index (κ3) is 4.84. The summed E-state index contributed by atoms with van der Waals surface area (Å²) in [6.45, 7) is -1.10. The van der Waals surface area contributed by atoms with E-state index in [0.29, 0.717) is 17.5 Å². The number of phenolic OH excluding ortho intramolecular Hbond substituents is 1. The largest absolute Gasteiger partial charge is 0.507 e. The fourth-order valence-electron chi connectivity index (χ4n) is 3.26. The van der Waals surface area contributed by atoms with Crippen molar-refractivity contribution >= 4 is 16.7 Å². The fourth-order valence-corrected chi connectivity index (χ4v) is 3.26. The van der Waals surface area contributed by atoms with Crippen LogP contribution in [0, 0.1) is 0 Å². The second-order valence-corrected chi connectivity index (χ2v) is 6.64. The summed E-state index contributed by atoms with van der Waals surface area (Å²) in [7, 11) is 0. The van der Waals surface area contributed by atoms with E-state index in [0.717, 1.165) is 0 Å². The van der Waals surface area contributed by atoms with Crippen molar-refractivity contribution in [2.45, 2.75) is 18.8 Å². The van der Waals surface area contributed by atoms with E-state index >= 15 is 0 Å². The Kier molecular flexibility index (Phi) is 5.75. The minimum atomic E-state index is -5.16. The molecular formula is C21H14F6O4. The van der Waals surface area contributed by atoms with E-state index in [1.807, 2.05) is 0 Å². The highest BCUT2D eigenvalue weighted by atomic mass is 19.4. The standard InChI is InChI=1S/C21H14F6O4/c22-20(23,24)16-8-12(31-10-19(29)30)9-17(21(25,26)27)15(16)7-11-5-6-18(28)14-4-2-1-3-13(11)14/h1-6,8-9,28H,7,10H2,(H,29,30). The van der Waals surface area contributed by atoms with Crippen LogP contribution in [0.1, 0.15) is 22.3 Å². The van der Waals surface area contributed by atoms with E-state index in [-0.39, 0.29) is 16.7 Å². The SMILES string of the molecule is O=C(O)COc1cc(C(F)(F)F)c(Cc2ccc(O)c3ccccc23)c(C(F)(F)F)c1. The molecule has 0 amide bonds. The van der Waals surface area contributed by atoms with Gasteiger partial charge in [0, 0.05) is 5.39 Å². The summed E-state index contributed by atoms with van der Waals surface area (Å²) in [4.78, 5) is 10.6. The van der Waals surface area contributed by atoms with Gasteiger partial charge in [0.25, 0.3) is 0 Å². The van der Waals surface area contributed by atoms with Crippen LogP contribution in [0.5, 0.6) is 11.5 Å². The van der Waals surface area contributed by atoms with E-state index in [9.17, 15) is 36.2 Å². The first kappa shape index (κ1) is 22.3. The molecule has 3 rings (SSSR count). The molecule has 3 aromatic rings. The molecule has 0 aliphatic carbocycles. The highest BCUT2D eigenvalue weighted by Gasteiger charge is 2.41. The second kappa shape index (κ2) is 8.01. The molecule has 0 fully saturated rings. The number of carbonyl (C=O) groups is 1. The number of benzene rings is 3. The molecule has 4 nitrogen and oxygen atoms in total. The van der Waals surface area contributed by atoms with E-state index in [4.69, 9.17) is 5.11 Å². The number of alkyl halides is 6. The van der Waals surface area contributed by atoms with Crippen molar-refractivity contribution in [2.24, 2.45) is 0 Å². The number of aromatic hydroxyl groups is 1.